The minimum absolute atomic E-state index is 0.143. The van der Waals surface area contributed by atoms with Gasteiger partial charge in [0.25, 0.3) is 5.91 Å². The van der Waals surface area contributed by atoms with Gasteiger partial charge >= 0.3 is 0 Å². The van der Waals surface area contributed by atoms with E-state index in [9.17, 15) is 15.0 Å². The van der Waals surface area contributed by atoms with E-state index in [1.54, 1.807) is 32.0 Å². The monoisotopic (exact) mass is 443 g/mol. The predicted molar refractivity (Wildman–Crippen MR) is 129 cm³/mol. The third kappa shape index (κ3) is 4.40. The Morgan fingerprint density at radius 2 is 1.52 bits per heavy atom. The van der Waals surface area contributed by atoms with E-state index in [0.29, 0.717) is 34.6 Å². The number of imidazole rings is 1. The summed E-state index contributed by atoms with van der Waals surface area (Å²) in [6, 6.07) is 24.3. The average molecular weight is 444 g/mol. The average Bonchev–Trinajstić information content (AvgIpc) is 3.21. The summed E-state index contributed by atoms with van der Waals surface area (Å²) in [7, 11) is 0. The molecule has 1 aromatic heterocycles. The highest BCUT2D eigenvalue weighted by Gasteiger charge is 2.38. The van der Waals surface area contributed by atoms with E-state index in [2.05, 4.69) is 5.32 Å². The quantitative estimate of drug-likeness (QED) is 0.405. The molecule has 0 atom stereocenters. The van der Waals surface area contributed by atoms with Crippen LogP contribution in [0.3, 0.4) is 0 Å². The first kappa shape index (κ1) is 22.7. The number of fused-ring (bicyclic) bond motifs is 1. The summed E-state index contributed by atoms with van der Waals surface area (Å²) >= 11 is 0. The molecule has 0 saturated carbocycles. The molecule has 0 aliphatic heterocycles. The third-order valence-electron chi connectivity index (χ3n) is 5.71. The highest BCUT2D eigenvalue weighted by Crippen LogP contribution is 2.37. The van der Waals surface area contributed by atoms with Crippen LogP contribution in [0.1, 0.15) is 48.1 Å². The molecule has 0 aliphatic carbocycles. The highest BCUT2D eigenvalue weighted by molar-refractivity contribution is 5.97. The molecule has 0 bridgehead atoms. The van der Waals surface area contributed by atoms with Crippen molar-refractivity contribution in [2.75, 3.05) is 6.54 Å². The predicted octanol–water partition coefficient (Wildman–Crippen LogP) is 3.84. The third-order valence-corrected chi connectivity index (χ3v) is 5.71. The minimum atomic E-state index is -1.47. The van der Waals surface area contributed by atoms with Crippen molar-refractivity contribution in [1.82, 2.24) is 14.9 Å². The first-order chi connectivity index (χ1) is 15.7. The van der Waals surface area contributed by atoms with Crippen LogP contribution in [-0.4, -0.2) is 37.8 Å². The van der Waals surface area contributed by atoms with Crippen molar-refractivity contribution < 1.29 is 15.0 Å². The largest absolute Gasteiger partial charge is 0.389 e. The van der Waals surface area contributed by atoms with Crippen molar-refractivity contribution in [2.24, 2.45) is 0 Å². The number of amides is 1. The molecule has 0 saturated heterocycles. The Morgan fingerprint density at radius 1 is 0.939 bits per heavy atom. The summed E-state index contributed by atoms with van der Waals surface area (Å²) in [5, 5.41) is 24.9. The highest BCUT2D eigenvalue weighted by atomic mass is 16.3. The van der Waals surface area contributed by atoms with Gasteiger partial charge in [0.1, 0.15) is 0 Å². The van der Waals surface area contributed by atoms with Gasteiger partial charge in [-0.05, 0) is 50.1 Å². The molecule has 4 rings (SSSR count). The fourth-order valence-corrected chi connectivity index (χ4v) is 4.04. The molecule has 1 amide bonds. The van der Waals surface area contributed by atoms with E-state index in [0.717, 1.165) is 5.52 Å². The zero-order valence-corrected chi connectivity index (χ0v) is 19.1. The maximum atomic E-state index is 12.7. The molecule has 0 radical (unpaired) electrons. The van der Waals surface area contributed by atoms with Crippen LogP contribution in [0.25, 0.3) is 11.0 Å². The van der Waals surface area contributed by atoms with Gasteiger partial charge in [0.15, 0.2) is 11.4 Å². The molecular formula is C27H29N3O3. The van der Waals surface area contributed by atoms with Crippen LogP contribution in [0, 0.1) is 0 Å². The summed E-state index contributed by atoms with van der Waals surface area (Å²) in [6.07, 6.45) is 0. The number of carbonyl (C=O) groups excluding carboxylic acids is 1. The standard InChI is InChI=1S/C27H29N3O3/c1-4-30-23-17-19(24(31)28-18-26(2,3)32)15-16-22(23)29-25(30)27(33,20-11-7-5-8-12-20)21-13-9-6-10-14-21/h5-17,32-33H,4,18H2,1-3H3,(H,28,31). The molecule has 0 aliphatic rings. The molecule has 6 nitrogen and oxygen atoms in total. The van der Waals surface area contributed by atoms with Crippen LogP contribution in [0.4, 0.5) is 0 Å². The Kier molecular flexibility index (Phi) is 6.06. The summed E-state index contributed by atoms with van der Waals surface area (Å²) in [5.74, 6) is 0.220. The zero-order chi connectivity index (χ0) is 23.6. The summed E-state index contributed by atoms with van der Waals surface area (Å²) in [5.41, 5.74) is 0.871. The van der Waals surface area contributed by atoms with Crippen molar-refractivity contribution in [3.05, 3.63) is 101 Å². The molecule has 33 heavy (non-hydrogen) atoms. The fraction of sp³-hybridized carbons (Fsp3) is 0.259. The van der Waals surface area contributed by atoms with Crippen LogP contribution in [-0.2, 0) is 12.1 Å². The van der Waals surface area contributed by atoms with Gasteiger partial charge in [-0.25, -0.2) is 4.98 Å². The van der Waals surface area contributed by atoms with Gasteiger partial charge in [-0.2, -0.15) is 0 Å². The Balaban J connectivity index is 1.86. The molecule has 4 aromatic rings. The molecule has 0 unspecified atom stereocenters. The normalized spacial score (nSPS) is 12.2. The molecule has 6 heteroatoms. The number of aliphatic hydroxyl groups is 2. The number of benzene rings is 3. The van der Waals surface area contributed by atoms with E-state index < -0.39 is 11.2 Å². The maximum Gasteiger partial charge on any atom is 0.251 e. The smallest absolute Gasteiger partial charge is 0.251 e. The second-order valence-electron chi connectivity index (χ2n) is 8.82. The summed E-state index contributed by atoms with van der Waals surface area (Å²) in [6.45, 7) is 5.97. The summed E-state index contributed by atoms with van der Waals surface area (Å²) in [4.78, 5) is 17.5. The molecule has 3 N–H and O–H groups in total. The summed E-state index contributed by atoms with van der Waals surface area (Å²) < 4.78 is 1.95. The van der Waals surface area contributed by atoms with E-state index in [-0.39, 0.29) is 12.5 Å². The number of aromatic nitrogens is 2. The van der Waals surface area contributed by atoms with Gasteiger partial charge in [0.05, 0.1) is 16.6 Å². The van der Waals surface area contributed by atoms with Crippen molar-refractivity contribution in [3.8, 4) is 0 Å². The van der Waals surface area contributed by atoms with Gasteiger partial charge in [0.2, 0.25) is 0 Å². The topological polar surface area (TPSA) is 87.4 Å². The number of aryl methyl sites for hydroxylation is 1. The number of nitrogens with zero attached hydrogens (tertiary/aromatic N) is 2. The number of carbonyl (C=O) groups is 1. The zero-order valence-electron chi connectivity index (χ0n) is 19.1. The molecule has 0 fully saturated rings. The Bertz CT molecular complexity index is 1220. The molecule has 170 valence electrons. The second-order valence-corrected chi connectivity index (χ2v) is 8.82. The number of nitrogens with one attached hydrogen (secondary N) is 1. The van der Waals surface area contributed by atoms with Crippen LogP contribution in [0.15, 0.2) is 78.9 Å². The van der Waals surface area contributed by atoms with Gasteiger partial charge in [-0.3, -0.25) is 4.79 Å². The molecule has 1 heterocycles. The van der Waals surface area contributed by atoms with Gasteiger partial charge < -0.3 is 20.1 Å². The van der Waals surface area contributed by atoms with Crippen molar-refractivity contribution in [2.45, 2.75) is 38.5 Å². The van der Waals surface area contributed by atoms with Crippen molar-refractivity contribution in [3.63, 3.8) is 0 Å². The first-order valence-electron chi connectivity index (χ1n) is 11.1. The van der Waals surface area contributed by atoms with Gasteiger partial charge in [-0.1, -0.05) is 60.7 Å². The fourth-order valence-electron chi connectivity index (χ4n) is 4.04. The molecular weight excluding hydrogens is 414 g/mol. The first-order valence-corrected chi connectivity index (χ1v) is 11.1. The number of hydrogen-bond donors (Lipinski definition) is 3. The second kappa shape index (κ2) is 8.81. The SMILES string of the molecule is CCn1c(C(O)(c2ccccc2)c2ccccc2)nc2ccc(C(=O)NCC(C)(C)O)cc21. The van der Waals surface area contributed by atoms with E-state index in [1.165, 1.54) is 0 Å². The maximum absolute atomic E-state index is 12.7. The lowest BCUT2D eigenvalue weighted by Crippen LogP contribution is -2.38. The van der Waals surface area contributed by atoms with Crippen LogP contribution in [0.2, 0.25) is 0 Å². The Labute approximate surface area is 193 Å². The van der Waals surface area contributed by atoms with Crippen LogP contribution < -0.4 is 5.32 Å². The van der Waals surface area contributed by atoms with Gasteiger partial charge in [-0.15, -0.1) is 0 Å². The van der Waals surface area contributed by atoms with E-state index >= 15 is 0 Å². The van der Waals surface area contributed by atoms with Gasteiger partial charge in [0, 0.05) is 18.7 Å². The Hall–Kier alpha value is -3.48. The lowest BCUT2D eigenvalue weighted by Gasteiger charge is -2.29. The van der Waals surface area contributed by atoms with E-state index in [1.807, 2.05) is 72.2 Å². The van der Waals surface area contributed by atoms with Crippen LogP contribution in [0.5, 0.6) is 0 Å². The van der Waals surface area contributed by atoms with E-state index in [4.69, 9.17) is 4.98 Å². The van der Waals surface area contributed by atoms with Crippen molar-refractivity contribution >= 4 is 16.9 Å². The molecule has 3 aromatic carbocycles. The lowest BCUT2D eigenvalue weighted by molar-refractivity contribution is 0.0694. The number of hydrogen-bond acceptors (Lipinski definition) is 4. The lowest BCUT2D eigenvalue weighted by atomic mass is 9.85. The number of rotatable bonds is 7. The van der Waals surface area contributed by atoms with Crippen molar-refractivity contribution in [1.29, 1.82) is 0 Å². The minimum Gasteiger partial charge on any atom is -0.389 e. The molecule has 0 spiro atoms. The Morgan fingerprint density at radius 3 is 2.03 bits per heavy atom. The van der Waals surface area contributed by atoms with Crippen LogP contribution >= 0.6 is 0 Å².